The maximum absolute atomic E-state index is 12.2. The van der Waals surface area contributed by atoms with E-state index in [2.05, 4.69) is 20.5 Å². The SMILES string of the molecule is Cc1cc(C)n(CCN(C)C(=O)N[C@H](C)c2ncnn2C)n1. The fourth-order valence-corrected chi connectivity index (χ4v) is 2.30. The summed E-state index contributed by atoms with van der Waals surface area (Å²) in [4.78, 5) is 18.0. The molecule has 0 spiro atoms. The first-order valence-corrected chi connectivity index (χ1v) is 7.25. The number of hydrogen-bond donors (Lipinski definition) is 1. The molecule has 2 amide bonds. The number of carbonyl (C=O) groups excluding carboxylic acids is 1. The molecule has 0 unspecified atom stereocenters. The summed E-state index contributed by atoms with van der Waals surface area (Å²) < 4.78 is 3.56. The van der Waals surface area contributed by atoms with Crippen molar-refractivity contribution in [1.82, 2.24) is 34.8 Å². The van der Waals surface area contributed by atoms with E-state index >= 15 is 0 Å². The molecule has 22 heavy (non-hydrogen) atoms. The number of aryl methyl sites for hydroxylation is 3. The quantitative estimate of drug-likeness (QED) is 0.894. The minimum Gasteiger partial charge on any atom is -0.328 e. The molecular formula is C14H23N7O. The van der Waals surface area contributed by atoms with E-state index in [9.17, 15) is 4.79 Å². The molecule has 2 rings (SSSR count). The molecule has 0 aliphatic heterocycles. The third kappa shape index (κ3) is 3.63. The van der Waals surface area contributed by atoms with Crippen molar-refractivity contribution in [2.75, 3.05) is 13.6 Å². The molecule has 0 fully saturated rings. The molecule has 0 aromatic carbocycles. The summed E-state index contributed by atoms with van der Waals surface area (Å²) in [6.07, 6.45) is 1.48. The zero-order chi connectivity index (χ0) is 16.3. The van der Waals surface area contributed by atoms with Gasteiger partial charge in [-0.3, -0.25) is 9.36 Å². The van der Waals surface area contributed by atoms with Crippen LogP contribution < -0.4 is 5.32 Å². The summed E-state index contributed by atoms with van der Waals surface area (Å²) in [5, 5.41) is 11.3. The van der Waals surface area contributed by atoms with Crippen molar-refractivity contribution in [3.8, 4) is 0 Å². The van der Waals surface area contributed by atoms with Gasteiger partial charge in [0, 0.05) is 26.3 Å². The molecule has 8 heteroatoms. The zero-order valence-corrected chi connectivity index (χ0v) is 13.7. The van der Waals surface area contributed by atoms with E-state index in [1.807, 2.05) is 31.5 Å². The van der Waals surface area contributed by atoms with Crippen LogP contribution >= 0.6 is 0 Å². The van der Waals surface area contributed by atoms with Gasteiger partial charge in [-0.25, -0.2) is 9.78 Å². The molecule has 1 N–H and O–H groups in total. The zero-order valence-electron chi connectivity index (χ0n) is 13.7. The summed E-state index contributed by atoms with van der Waals surface area (Å²) in [5.41, 5.74) is 2.08. The summed E-state index contributed by atoms with van der Waals surface area (Å²) in [7, 11) is 3.57. The van der Waals surface area contributed by atoms with E-state index in [-0.39, 0.29) is 12.1 Å². The highest BCUT2D eigenvalue weighted by molar-refractivity contribution is 5.74. The van der Waals surface area contributed by atoms with Gasteiger partial charge in [0.25, 0.3) is 0 Å². The number of likely N-dealkylation sites (N-methyl/N-ethyl adjacent to an activating group) is 1. The molecule has 2 aromatic rings. The van der Waals surface area contributed by atoms with Gasteiger partial charge in [-0.1, -0.05) is 0 Å². The van der Waals surface area contributed by atoms with Crippen LogP contribution in [0.1, 0.15) is 30.2 Å². The van der Waals surface area contributed by atoms with Crippen molar-refractivity contribution in [3.63, 3.8) is 0 Å². The van der Waals surface area contributed by atoms with Gasteiger partial charge in [0.15, 0.2) is 0 Å². The van der Waals surface area contributed by atoms with Crippen LogP contribution in [0.25, 0.3) is 0 Å². The van der Waals surface area contributed by atoms with E-state index in [0.717, 1.165) is 17.2 Å². The number of nitrogens with one attached hydrogen (secondary N) is 1. The highest BCUT2D eigenvalue weighted by Crippen LogP contribution is 2.07. The Bertz CT molecular complexity index is 645. The van der Waals surface area contributed by atoms with Gasteiger partial charge in [0.1, 0.15) is 12.2 Å². The van der Waals surface area contributed by atoms with Crippen molar-refractivity contribution in [2.45, 2.75) is 33.4 Å². The maximum Gasteiger partial charge on any atom is 0.317 e. The molecule has 0 radical (unpaired) electrons. The van der Waals surface area contributed by atoms with Crippen LogP contribution in [0, 0.1) is 13.8 Å². The van der Waals surface area contributed by atoms with Crippen LogP contribution in [0.2, 0.25) is 0 Å². The van der Waals surface area contributed by atoms with Gasteiger partial charge < -0.3 is 10.2 Å². The van der Waals surface area contributed by atoms with Gasteiger partial charge in [0.2, 0.25) is 0 Å². The van der Waals surface area contributed by atoms with Crippen LogP contribution in [0.15, 0.2) is 12.4 Å². The molecule has 0 aliphatic rings. The number of aromatic nitrogens is 5. The monoisotopic (exact) mass is 305 g/mol. The summed E-state index contributed by atoms with van der Waals surface area (Å²) in [5.74, 6) is 0.722. The highest BCUT2D eigenvalue weighted by Gasteiger charge is 2.16. The Labute approximate surface area is 130 Å². The van der Waals surface area contributed by atoms with Crippen LogP contribution in [0.5, 0.6) is 0 Å². The average Bonchev–Trinajstić information content (AvgIpc) is 3.01. The van der Waals surface area contributed by atoms with E-state index in [1.54, 1.807) is 23.7 Å². The van der Waals surface area contributed by atoms with Crippen molar-refractivity contribution in [2.24, 2.45) is 7.05 Å². The molecule has 0 saturated heterocycles. The van der Waals surface area contributed by atoms with E-state index in [1.165, 1.54) is 6.33 Å². The topological polar surface area (TPSA) is 80.9 Å². The highest BCUT2D eigenvalue weighted by atomic mass is 16.2. The van der Waals surface area contributed by atoms with Gasteiger partial charge in [-0.15, -0.1) is 0 Å². The van der Waals surface area contributed by atoms with Crippen molar-refractivity contribution < 1.29 is 4.79 Å². The van der Waals surface area contributed by atoms with Gasteiger partial charge in [-0.05, 0) is 26.8 Å². The number of nitrogens with zero attached hydrogens (tertiary/aromatic N) is 6. The fourth-order valence-electron chi connectivity index (χ4n) is 2.30. The Morgan fingerprint density at radius 2 is 2.18 bits per heavy atom. The Morgan fingerprint density at radius 1 is 1.45 bits per heavy atom. The van der Waals surface area contributed by atoms with Gasteiger partial charge >= 0.3 is 6.03 Å². The summed E-state index contributed by atoms with van der Waals surface area (Å²) >= 11 is 0. The lowest BCUT2D eigenvalue weighted by Crippen LogP contribution is -2.40. The third-order valence-corrected chi connectivity index (χ3v) is 3.57. The van der Waals surface area contributed by atoms with Crippen LogP contribution in [0.4, 0.5) is 4.79 Å². The minimum absolute atomic E-state index is 0.142. The largest absolute Gasteiger partial charge is 0.328 e. The Kier molecular flexibility index (Phi) is 4.79. The number of rotatable bonds is 5. The van der Waals surface area contributed by atoms with E-state index < -0.39 is 0 Å². The average molecular weight is 305 g/mol. The lowest BCUT2D eigenvalue weighted by Gasteiger charge is -2.21. The van der Waals surface area contributed by atoms with E-state index in [4.69, 9.17) is 0 Å². The summed E-state index contributed by atoms with van der Waals surface area (Å²) in [6.45, 7) is 7.11. The lowest BCUT2D eigenvalue weighted by molar-refractivity contribution is 0.202. The van der Waals surface area contributed by atoms with Gasteiger partial charge in [-0.2, -0.15) is 10.2 Å². The fraction of sp³-hybridized carbons (Fsp3) is 0.571. The Morgan fingerprint density at radius 3 is 2.73 bits per heavy atom. The predicted octanol–water partition coefficient (Wildman–Crippen LogP) is 1.03. The van der Waals surface area contributed by atoms with Crippen molar-refractivity contribution >= 4 is 6.03 Å². The first kappa shape index (κ1) is 16.0. The summed E-state index contributed by atoms with van der Waals surface area (Å²) in [6, 6.07) is 1.68. The van der Waals surface area contributed by atoms with Crippen LogP contribution in [-0.2, 0) is 13.6 Å². The second-order valence-corrected chi connectivity index (χ2v) is 5.48. The first-order valence-electron chi connectivity index (χ1n) is 7.25. The van der Waals surface area contributed by atoms with E-state index in [0.29, 0.717) is 13.1 Å². The number of hydrogen-bond acceptors (Lipinski definition) is 4. The Balaban J connectivity index is 1.87. The second kappa shape index (κ2) is 6.59. The predicted molar refractivity (Wildman–Crippen MR) is 82.3 cm³/mol. The molecule has 0 aliphatic carbocycles. The van der Waals surface area contributed by atoms with Crippen LogP contribution in [-0.4, -0.2) is 49.1 Å². The molecule has 1 atom stereocenters. The van der Waals surface area contributed by atoms with Crippen molar-refractivity contribution in [3.05, 3.63) is 29.6 Å². The molecular weight excluding hydrogens is 282 g/mol. The standard InChI is InChI=1S/C14H23N7O/c1-10-8-11(2)21(18-10)7-6-19(4)14(22)17-12(3)13-15-9-16-20(13)5/h8-9,12H,6-7H2,1-5H3,(H,17,22)/t12-/m1/s1. The molecule has 8 nitrogen and oxygen atoms in total. The number of carbonyl (C=O) groups is 1. The number of urea groups is 1. The molecule has 120 valence electrons. The normalized spacial score (nSPS) is 12.2. The van der Waals surface area contributed by atoms with Crippen LogP contribution in [0.3, 0.4) is 0 Å². The molecule has 0 saturated carbocycles. The first-order chi connectivity index (χ1) is 10.4. The molecule has 2 aromatic heterocycles. The lowest BCUT2D eigenvalue weighted by atomic mass is 10.3. The number of amides is 2. The van der Waals surface area contributed by atoms with Gasteiger partial charge in [0.05, 0.1) is 18.3 Å². The van der Waals surface area contributed by atoms with Crippen molar-refractivity contribution in [1.29, 1.82) is 0 Å². The maximum atomic E-state index is 12.2. The second-order valence-electron chi connectivity index (χ2n) is 5.48. The Hall–Kier alpha value is -2.38. The smallest absolute Gasteiger partial charge is 0.317 e. The molecule has 0 bridgehead atoms. The minimum atomic E-state index is -0.198. The molecule has 2 heterocycles. The third-order valence-electron chi connectivity index (χ3n) is 3.57.